The second kappa shape index (κ2) is 8.60. The van der Waals surface area contributed by atoms with Crippen molar-refractivity contribution in [2.75, 3.05) is 24.9 Å². The van der Waals surface area contributed by atoms with Crippen LogP contribution in [0, 0.1) is 20.8 Å². The number of aryl methyl sites for hydroxylation is 3. The summed E-state index contributed by atoms with van der Waals surface area (Å²) in [7, 11) is 3.17. The molecule has 0 atom stereocenters. The summed E-state index contributed by atoms with van der Waals surface area (Å²) in [5.41, 5.74) is 4.92. The molecule has 29 heavy (non-hydrogen) atoms. The molecular formula is C22H24N4O3. The summed E-state index contributed by atoms with van der Waals surface area (Å²) in [4.78, 5) is 12.6. The van der Waals surface area contributed by atoms with Crippen molar-refractivity contribution >= 4 is 23.1 Å². The first-order valence-electron chi connectivity index (χ1n) is 9.13. The van der Waals surface area contributed by atoms with Crippen molar-refractivity contribution in [1.29, 1.82) is 0 Å². The number of hydrogen-bond donors (Lipinski definition) is 2. The van der Waals surface area contributed by atoms with E-state index >= 15 is 0 Å². The average Bonchev–Trinajstić information content (AvgIpc) is 2.71. The SMILES string of the molecule is COc1ccc(Nc2ccc(C(=O)Nc3c(C)cc(C)cc3C)nn2)c(OC)c1. The summed E-state index contributed by atoms with van der Waals surface area (Å²) >= 11 is 0. The van der Waals surface area contributed by atoms with Gasteiger partial charge in [0, 0.05) is 11.8 Å². The minimum absolute atomic E-state index is 0.233. The Labute approximate surface area is 170 Å². The van der Waals surface area contributed by atoms with Crippen LogP contribution in [-0.4, -0.2) is 30.3 Å². The first kappa shape index (κ1) is 20.1. The van der Waals surface area contributed by atoms with Gasteiger partial charge in [-0.15, -0.1) is 10.2 Å². The molecule has 0 radical (unpaired) electrons. The monoisotopic (exact) mass is 392 g/mol. The van der Waals surface area contributed by atoms with Crippen LogP contribution in [0.2, 0.25) is 0 Å². The molecule has 0 aliphatic carbocycles. The van der Waals surface area contributed by atoms with E-state index in [-0.39, 0.29) is 11.6 Å². The summed E-state index contributed by atoms with van der Waals surface area (Å²) in [5, 5.41) is 14.2. The number of hydrogen-bond acceptors (Lipinski definition) is 6. The number of ether oxygens (including phenoxy) is 2. The van der Waals surface area contributed by atoms with E-state index in [4.69, 9.17) is 9.47 Å². The zero-order valence-corrected chi connectivity index (χ0v) is 17.2. The topological polar surface area (TPSA) is 85.4 Å². The summed E-state index contributed by atoms with van der Waals surface area (Å²) in [6.45, 7) is 5.97. The molecular weight excluding hydrogens is 368 g/mol. The van der Waals surface area contributed by atoms with Crippen molar-refractivity contribution < 1.29 is 14.3 Å². The van der Waals surface area contributed by atoms with Crippen LogP contribution in [0.5, 0.6) is 11.5 Å². The molecule has 3 aromatic rings. The Kier molecular flexibility index (Phi) is 5.97. The number of amides is 1. The fraction of sp³-hybridized carbons (Fsp3) is 0.227. The Bertz CT molecular complexity index is 1010. The lowest BCUT2D eigenvalue weighted by atomic mass is 10.1. The minimum atomic E-state index is -0.305. The quantitative estimate of drug-likeness (QED) is 0.646. The van der Waals surface area contributed by atoms with E-state index in [0.29, 0.717) is 23.0 Å². The van der Waals surface area contributed by atoms with Crippen LogP contribution in [0.4, 0.5) is 17.2 Å². The molecule has 1 heterocycles. The van der Waals surface area contributed by atoms with E-state index in [9.17, 15) is 4.79 Å². The predicted octanol–water partition coefficient (Wildman–Crippen LogP) is 4.41. The Morgan fingerprint density at radius 3 is 2.21 bits per heavy atom. The van der Waals surface area contributed by atoms with Crippen LogP contribution >= 0.6 is 0 Å². The maximum absolute atomic E-state index is 12.6. The molecule has 3 rings (SSSR count). The van der Waals surface area contributed by atoms with Gasteiger partial charge in [-0.3, -0.25) is 4.79 Å². The first-order valence-corrected chi connectivity index (χ1v) is 9.13. The first-order chi connectivity index (χ1) is 13.9. The van der Waals surface area contributed by atoms with Crippen LogP contribution in [0.25, 0.3) is 0 Å². The normalized spacial score (nSPS) is 10.4. The van der Waals surface area contributed by atoms with Gasteiger partial charge in [0.1, 0.15) is 11.5 Å². The van der Waals surface area contributed by atoms with Crippen LogP contribution < -0.4 is 20.1 Å². The third-order valence-corrected chi connectivity index (χ3v) is 4.48. The molecule has 2 aromatic carbocycles. The molecule has 7 nitrogen and oxygen atoms in total. The molecule has 0 aliphatic heterocycles. The van der Waals surface area contributed by atoms with Gasteiger partial charge in [0.15, 0.2) is 11.5 Å². The second-order valence-corrected chi connectivity index (χ2v) is 6.72. The van der Waals surface area contributed by atoms with Gasteiger partial charge in [-0.2, -0.15) is 0 Å². The van der Waals surface area contributed by atoms with E-state index < -0.39 is 0 Å². The van der Waals surface area contributed by atoms with E-state index in [0.717, 1.165) is 22.4 Å². The fourth-order valence-corrected chi connectivity index (χ4v) is 3.11. The molecule has 0 saturated carbocycles. The fourth-order valence-electron chi connectivity index (χ4n) is 3.11. The zero-order valence-electron chi connectivity index (χ0n) is 17.2. The molecule has 1 amide bonds. The van der Waals surface area contributed by atoms with Gasteiger partial charge in [-0.25, -0.2) is 0 Å². The lowest BCUT2D eigenvalue weighted by Gasteiger charge is -2.13. The van der Waals surface area contributed by atoms with Crippen LogP contribution in [-0.2, 0) is 0 Å². The summed E-state index contributed by atoms with van der Waals surface area (Å²) < 4.78 is 10.6. The highest BCUT2D eigenvalue weighted by Gasteiger charge is 2.13. The van der Waals surface area contributed by atoms with Crippen molar-refractivity contribution in [2.45, 2.75) is 20.8 Å². The number of carbonyl (C=O) groups is 1. The molecule has 0 saturated heterocycles. The molecule has 2 N–H and O–H groups in total. The predicted molar refractivity (Wildman–Crippen MR) is 113 cm³/mol. The van der Waals surface area contributed by atoms with Crippen molar-refractivity contribution in [3.8, 4) is 11.5 Å². The van der Waals surface area contributed by atoms with E-state index in [1.807, 2.05) is 45.0 Å². The molecule has 0 spiro atoms. The van der Waals surface area contributed by atoms with Crippen LogP contribution in [0.15, 0.2) is 42.5 Å². The number of nitrogens with one attached hydrogen (secondary N) is 2. The number of benzene rings is 2. The van der Waals surface area contributed by atoms with Crippen molar-refractivity contribution in [3.05, 3.63) is 64.8 Å². The molecule has 0 bridgehead atoms. The standard InChI is InChI=1S/C22H24N4O3/c1-13-10-14(2)21(15(3)11-13)24-22(27)18-8-9-20(26-25-18)23-17-7-6-16(28-4)12-19(17)29-5/h6-12H,1-5H3,(H,23,26)(H,24,27). The molecule has 0 unspecified atom stereocenters. The highest BCUT2D eigenvalue weighted by Crippen LogP contribution is 2.31. The molecule has 150 valence electrons. The Balaban J connectivity index is 1.74. The molecule has 0 aliphatic rings. The van der Waals surface area contributed by atoms with Crippen molar-refractivity contribution in [2.24, 2.45) is 0 Å². The average molecular weight is 392 g/mol. The summed E-state index contributed by atoms with van der Waals surface area (Å²) in [6.07, 6.45) is 0. The minimum Gasteiger partial charge on any atom is -0.497 e. The highest BCUT2D eigenvalue weighted by atomic mass is 16.5. The number of nitrogens with zero attached hydrogens (tertiary/aromatic N) is 2. The molecule has 1 aromatic heterocycles. The molecule has 0 fully saturated rings. The Morgan fingerprint density at radius 2 is 1.62 bits per heavy atom. The number of anilines is 3. The van der Waals surface area contributed by atoms with Crippen LogP contribution in [0.1, 0.15) is 27.2 Å². The summed E-state index contributed by atoms with van der Waals surface area (Å²) in [5.74, 6) is 1.49. The second-order valence-electron chi connectivity index (χ2n) is 6.72. The van der Waals surface area contributed by atoms with Gasteiger partial charge in [0.05, 0.1) is 19.9 Å². The van der Waals surface area contributed by atoms with Gasteiger partial charge in [0.2, 0.25) is 0 Å². The maximum Gasteiger partial charge on any atom is 0.276 e. The van der Waals surface area contributed by atoms with E-state index in [1.54, 1.807) is 32.4 Å². The van der Waals surface area contributed by atoms with Crippen molar-refractivity contribution in [1.82, 2.24) is 10.2 Å². The van der Waals surface area contributed by atoms with Gasteiger partial charge >= 0.3 is 0 Å². The van der Waals surface area contributed by atoms with E-state index in [2.05, 4.69) is 20.8 Å². The van der Waals surface area contributed by atoms with Crippen LogP contribution in [0.3, 0.4) is 0 Å². The Hall–Kier alpha value is -3.61. The highest BCUT2D eigenvalue weighted by molar-refractivity contribution is 6.03. The lowest BCUT2D eigenvalue weighted by Crippen LogP contribution is -2.16. The third-order valence-electron chi connectivity index (χ3n) is 4.48. The van der Waals surface area contributed by atoms with Gasteiger partial charge < -0.3 is 20.1 Å². The Morgan fingerprint density at radius 1 is 0.897 bits per heavy atom. The number of methoxy groups -OCH3 is 2. The summed E-state index contributed by atoms with van der Waals surface area (Å²) in [6, 6.07) is 12.8. The smallest absolute Gasteiger partial charge is 0.276 e. The van der Waals surface area contributed by atoms with Crippen molar-refractivity contribution in [3.63, 3.8) is 0 Å². The van der Waals surface area contributed by atoms with Gasteiger partial charge in [-0.1, -0.05) is 17.7 Å². The number of aromatic nitrogens is 2. The zero-order chi connectivity index (χ0) is 21.0. The lowest BCUT2D eigenvalue weighted by molar-refractivity contribution is 0.102. The van der Waals surface area contributed by atoms with Gasteiger partial charge in [-0.05, 0) is 56.2 Å². The maximum atomic E-state index is 12.6. The number of carbonyl (C=O) groups excluding carboxylic acids is 1. The number of rotatable bonds is 6. The molecule has 7 heteroatoms. The van der Waals surface area contributed by atoms with E-state index in [1.165, 1.54) is 0 Å². The third kappa shape index (κ3) is 4.63. The largest absolute Gasteiger partial charge is 0.497 e. The van der Waals surface area contributed by atoms with Gasteiger partial charge in [0.25, 0.3) is 5.91 Å².